The van der Waals surface area contributed by atoms with Crippen LogP contribution in [0.1, 0.15) is 12.0 Å². The van der Waals surface area contributed by atoms with E-state index in [1.807, 2.05) is 24.3 Å². The van der Waals surface area contributed by atoms with Crippen LogP contribution >= 0.6 is 11.6 Å². The lowest BCUT2D eigenvalue weighted by atomic mass is 10.1. The summed E-state index contributed by atoms with van der Waals surface area (Å²) < 4.78 is 12.0. The number of fused-ring (bicyclic) bond motifs is 1. The minimum absolute atomic E-state index is 0.144. The van der Waals surface area contributed by atoms with E-state index in [0.717, 1.165) is 11.1 Å². The molecule has 8 heteroatoms. The van der Waals surface area contributed by atoms with Crippen LogP contribution < -0.4 is 20.3 Å². The van der Waals surface area contributed by atoms with Gasteiger partial charge in [0, 0.05) is 29.6 Å². The summed E-state index contributed by atoms with van der Waals surface area (Å²) in [5.74, 6) is 1.16. The zero-order valence-corrected chi connectivity index (χ0v) is 16.2. The van der Waals surface area contributed by atoms with Crippen molar-refractivity contribution in [2.75, 3.05) is 6.79 Å². The molecule has 0 saturated carbocycles. The Kier molecular flexibility index (Phi) is 5.48. The molecule has 1 aliphatic heterocycles. The highest BCUT2D eigenvalue weighted by Crippen LogP contribution is 2.35. The molecule has 0 aliphatic carbocycles. The van der Waals surface area contributed by atoms with Crippen LogP contribution in [0.3, 0.4) is 0 Å². The van der Waals surface area contributed by atoms with Gasteiger partial charge in [-0.05, 0) is 42.0 Å². The highest BCUT2D eigenvalue weighted by Gasteiger charge is 2.15. The summed E-state index contributed by atoms with van der Waals surface area (Å²) in [6, 6.07) is 15.8. The average Bonchev–Trinajstić information content (AvgIpc) is 3.20. The van der Waals surface area contributed by atoms with Gasteiger partial charge in [-0.25, -0.2) is 4.68 Å². The third kappa shape index (κ3) is 4.57. The summed E-state index contributed by atoms with van der Waals surface area (Å²) >= 11 is 5.85. The molecule has 3 aromatic rings. The van der Waals surface area contributed by atoms with E-state index in [0.29, 0.717) is 28.8 Å². The van der Waals surface area contributed by atoms with Gasteiger partial charge in [-0.1, -0.05) is 23.7 Å². The van der Waals surface area contributed by atoms with Crippen LogP contribution in [0.25, 0.3) is 11.3 Å². The van der Waals surface area contributed by atoms with Crippen LogP contribution in [0.2, 0.25) is 5.02 Å². The van der Waals surface area contributed by atoms with Crippen molar-refractivity contribution in [2.45, 2.75) is 19.5 Å². The Morgan fingerprint density at radius 2 is 1.86 bits per heavy atom. The van der Waals surface area contributed by atoms with E-state index < -0.39 is 0 Å². The number of nitrogens with one attached hydrogen (secondary N) is 1. The molecule has 7 nitrogen and oxygen atoms in total. The van der Waals surface area contributed by atoms with Gasteiger partial charge in [0.15, 0.2) is 11.5 Å². The molecular weight excluding hydrogens is 394 g/mol. The Labute approximate surface area is 171 Å². The van der Waals surface area contributed by atoms with Crippen LogP contribution in [0.15, 0.2) is 59.4 Å². The lowest BCUT2D eigenvalue weighted by Crippen LogP contribution is -2.28. The summed E-state index contributed by atoms with van der Waals surface area (Å²) in [6.07, 6.45) is 0.144. The Balaban J connectivity index is 1.39. The average molecular weight is 412 g/mol. The molecule has 1 N–H and O–H groups in total. The Morgan fingerprint density at radius 1 is 1.07 bits per heavy atom. The Bertz CT molecular complexity index is 1100. The number of halogens is 1. The van der Waals surface area contributed by atoms with Crippen LogP contribution in [0.5, 0.6) is 11.5 Å². The predicted octanol–water partition coefficient (Wildman–Crippen LogP) is 3.00. The third-order valence-corrected chi connectivity index (χ3v) is 4.74. The zero-order chi connectivity index (χ0) is 20.2. The number of rotatable bonds is 6. The lowest BCUT2D eigenvalue weighted by molar-refractivity contribution is -0.121. The Hall–Kier alpha value is -3.32. The number of nitrogens with zero attached hydrogens (tertiary/aromatic N) is 2. The summed E-state index contributed by atoms with van der Waals surface area (Å²) in [6.45, 7) is 0.774. The van der Waals surface area contributed by atoms with E-state index in [9.17, 15) is 9.59 Å². The first-order valence-electron chi connectivity index (χ1n) is 9.08. The first-order valence-corrected chi connectivity index (χ1v) is 9.45. The molecule has 0 fully saturated rings. The SMILES string of the molecule is O=C(CCn1nc(-c2ccc3c(c2)OCO3)ccc1=O)NCc1ccc(Cl)cc1. The standard InChI is InChI=1S/C21H18ClN3O4/c22-16-4-1-14(2-5-16)12-23-20(26)9-10-25-21(27)8-6-17(24-25)15-3-7-18-19(11-15)29-13-28-18/h1-8,11H,9-10,12-13H2,(H,23,26). The van der Waals surface area contributed by atoms with Gasteiger partial charge in [-0.2, -0.15) is 5.10 Å². The second-order valence-electron chi connectivity index (χ2n) is 6.50. The number of ether oxygens (including phenoxy) is 2. The van der Waals surface area contributed by atoms with Crippen molar-refractivity contribution in [1.82, 2.24) is 15.1 Å². The quantitative estimate of drug-likeness (QED) is 0.674. The van der Waals surface area contributed by atoms with Gasteiger partial charge in [-0.3, -0.25) is 9.59 Å². The normalized spacial score (nSPS) is 12.0. The first kappa shape index (κ1) is 19.0. The summed E-state index contributed by atoms with van der Waals surface area (Å²) in [4.78, 5) is 24.3. The molecule has 148 valence electrons. The molecular formula is C21H18ClN3O4. The van der Waals surface area contributed by atoms with E-state index in [2.05, 4.69) is 10.4 Å². The number of amides is 1. The fourth-order valence-corrected chi connectivity index (χ4v) is 3.04. The summed E-state index contributed by atoms with van der Waals surface area (Å²) in [7, 11) is 0. The molecule has 0 atom stereocenters. The number of carbonyl (C=O) groups excluding carboxylic acids is 1. The molecule has 0 unspecified atom stereocenters. The fourth-order valence-electron chi connectivity index (χ4n) is 2.92. The van der Waals surface area contributed by atoms with Crippen LogP contribution in [-0.2, 0) is 17.9 Å². The molecule has 4 rings (SSSR count). The van der Waals surface area contributed by atoms with Crippen LogP contribution in [0, 0.1) is 0 Å². The minimum atomic E-state index is -0.264. The summed E-state index contributed by atoms with van der Waals surface area (Å²) in [5.41, 5.74) is 2.10. The van der Waals surface area contributed by atoms with E-state index in [1.165, 1.54) is 10.7 Å². The lowest BCUT2D eigenvalue weighted by Gasteiger charge is -2.09. The van der Waals surface area contributed by atoms with Crippen LogP contribution in [-0.4, -0.2) is 22.5 Å². The maximum Gasteiger partial charge on any atom is 0.266 e. The van der Waals surface area contributed by atoms with Gasteiger partial charge >= 0.3 is 0 Å². The first-order chi connectivity index (χ1) is 14.1. The smallest absolute Gasteiger partial charge is 0.266 e. The number of aromatic nitrogens is 2. The monoisotopic (exact) mass is 411 g/mol. The second kappa shape index (κ2) is 8.36. The predicted molar refractivity (Wildman–Crippen MR) is 108 cm³/mol. The van der Waals surface area contributed by atoms with Gasteiger partial charge in [0.1, 0.15) is 0 Å². The van der Waals surface area contributed by atoms with Gasteiger partial charge in [0.2, 0.25) is 12.7 Å². The molecule has 1 amide bonds. The van der Waals surface area contributed by atoms with E-state index >= 15 is 0 Å². The van der Waals surface area contributed by atoms with E-state index in [-0.39, 0.29) is 31.2 Å². The van der Waals surface area contributed by atoms with Crippen LogP contribution in [0.4, 0.5) is 0 Å². The molecule has 29 heavy (non-hydrogen) atoms. The van der Waals surface area contributed by atoms with Crippen molar-refractivity contribution < 1.29 is 14.3 Å². The number of aryl methyl sites for hydroxylation is 1. The van der Waals surface area contributed by atoms with Crippen molar-refractivity contribution in [3.8, 4) is 22.8 Å². The van der Waals surface area contributed by atoms with Gasteiger partial charge in [-0.15, -0.1) is 0 Å². The zero-order valence-electron chi connectivity index (χ0n) is 15.4. The minimum Gasteiger partial charge on any atom is -0.454 e. The molecule has 2 aromatic carbocycles. The fraction of sp³-hybridized carbons (Fsp3) is 0.190. The number of hydrogen-bond acceptors (Lipinski definition) is 5. The number of hydrogen-bond donors (Lipinski definition) is 1. The van der Waals surface area contributed by atoms with E-state index in [1.54, 1.807) is 24.3 Å². The molecule has 2 heterocycles. The van der Waals surface area contributed by atoms with Crippen molar-refractivity contribution in [1.29, 1.82) is 0 Å². The topological polar surface area (TPSA) is 82.5 Å². The summed E-state index contributed by atoms with van der Waals surface area (Å²) in [5, 5.41) is 7.85. The number of carbonyl (C=O) groups is 1. The molecule has 0 bridgehead atoms. The third-order valence-electron chi connectivity index (χ3n) is 4.49. The van der Waals surface area contributed by atoms with Gasteiger partial charge < -0.3 is 14.8 Å². The highest BCUT2D eigenvalue weighted by molar-refractivity contribution is 6.30. The number of benzene rings is 2. The maximum absolute atomic E-state index is 12.1. The van der Waals surface area contributed by atoms with Crippen molar-refractivity contribution in [2.24, 2.45) is 0 Å². The second-order valence-corrected chi connectivity index (χ2v) is 6.94. The molecule has 0 spiro atoms. The van der Waals surface area contributed by atoms with Crippen molar-refractivity contribution in [3.05, 3.63) is 75.5 Å². The molecule has 1 aromatic heterocycles. The molecule has 1 aliphatic rings. The van der Waals surface area contributed by atoms with Crippen molar-refractivity contribution in [3.63, 3.8) is 0 Å². The molecule has 0 radical (unpaired) electrons. The maximum atomic E-state index is 12.1. The van der Waals surface area contributed by atoms with Gasteiger partial charge in [0.05, 0.1) is 12.2 Å². The Morgan fingerprint density at radius 3 is 2.69 bits per heavy atom. The molecule has 0 saturated heterocycles. The van der Waals surface area contributed by atoms with Crippen molar-refractivity contribution >= 4 is 17.5 Å². The van der Waals surface area contributed by atoms with E-state index in [4.69, 9.17) is 21.1 Å². The van der Waals surface area contributed by atoms with Gasteiger partial charge in [0.25, 0.3) is 5.56 Å². The highest BCUT2D eigenvalue weighted by atomic mass is 35.5. The largest absolute Gasteiger partial charge is 0.454 e.